The molecule has 0 fully saturated rings. The molecule has 0 bridgehead atoms. The number of rotatable bonds is 7. The van der Waals surface area contributed by atoms with Gasteiger partial charge in [0.1, 0.15) is 5.00 Å². The van der Waals surface area contributed by atoms with Gasteiger partial charge in [-0.1, -0.05) is 35.0 Å². The summed E-state index contributed by atoms with van der Waals surface area (Å²) in [7, 11) is 1.79. The number of nitrogens with one attached hydrogen (secondary N) is 1. The van der Waals surface area contributed by atoms with Gasteiger partial charge in [-0.25, -0.2) is 4.79 Å². The van der Waals surface area contributed by atoms with Gasteiger partial charge in [-0.15, -0.1) is 21.5 Å². The Hall–Kier alpha value is -2.07. The summed E-state index contributed by atoms with van der Waals surface area (Å²) in [6, 6.07) is 6.83. The third-order valence-corrected chi connectivity index (χ3v) is 6.48. The van der Waals surface area contributed by atoms with Gasteiger partial charge in [0, 0.05) is 22.5 Å². The fraction of sp³-hybridized carbons (Fsp3) is 0.263. The fourth-order valence-corrected chi connectivity index (χ4v) is 4.73. The lowest BCUT2D eigenvalue weighted by Gasteiger charge is -2.07. The molecule has 0 saturated carbocycles. The van der Waals surface area contributed by atoms with E-state index in [0.717, 1.165) is 4.88 Å². The molecular formula is C19H18Cl2N4O3S2. The molecule has 1 aromatic carbocycles. The van der Waals surface area contributed by atoms with Crippen molar-refractivity contribution in [3.05, 3.63) is 44.8 Å². The van der Waals surface area contributed by atoms with Gasteiger partial charge in [0.05, 0.1) is 22.9 Å². The van der Waals surface area contributed by atoms with Crippen LogP contribution < -0.4 is 5.32 Å². The molecule has 2 aromatic heterocycles. The number of carbonyl (C=O) groups is 2. The zero-order chi connectivity index (χ0) is 21.8. The zero-order valence-electron chi connectivity index (χ0n) is 16.4. The monoisotopic (exact) mass is 484 g/mol. The highest BCUT2D eigenvalue weighted by Crippen LogP contribution is 2.31. The SMILES string of the molecule is CCOC(=O)c1cc(C)sc1NC(=O)CSc1nnc(-c2ccc(Cl)cc2Cl)n1C. The van der Waals surface area contributed by atoms with Gasteiger partial charge >= 0.3 is 5.97 Å². The molecule has 11 heteroatoms. The number of halogens is 2. The van der Waals surface area contributed by atoms with Crippen LogP contribution in [-0.2, 0) is 16.6 Å². The Morgan fingerprint density at radius 3 is 2.73 bits per heavy atom. The minimum atomic E-state index is -0.456. The highest BCUT2D eigenvalue weighted by molar-refractivity contribution is 7.99. The molecule has 0 atom stereocenters. The molecule has 3 aromatic rings. The number of nitrogens with zero attached hydrogens (tertiary/aromatic N) is 3. The van der Waals surface area contributed by atoms with Gasteiger partial charge in [-0.3, -0.25) is 4.79 Å². The molecule has 158 valence electrons. The third-order valence-electron chi connectivity index (χ3n) is 3.94. The number of ether oxygens (including phenoxy) is 1. The van der Waals surface area contributed by atoms with Crippen molar-refractivity contribution >= 4 is 63.2 Å². The Bertz CT molecular complexity index is 1100. The second kappa shape index (κ2) is 9.82. The van der Waals surface area contributed by atoms with Crippen LogP contribution in [0.5, 0.6) is 0 Å². The van der Waals surface area contributed by atoms with E-state index in [9.17, 15) is 9.59 Å². The van der Waals surface area contributed by atoms with E-state index in [2.05, 4.69) is 15.5 Å². The van der Waals surface area contributed by atoms with E-state index < -0.39 is 5.97 Å². The number of anilines is 1. The van der Waals surface area contributed by atoms with Crippen molar-refractivity contribution in [2.45, 2.75) is 19.0 Å². The number of benzene rings is 1. The molecule has 0 aliphatic carbocycles. The molecule has 1 amide bonds. The molecule has 0 spiro atoms. The normalized spacial score (nSPS) is 10.8. The van der Waals surface area contributed by atoms with Crippen LogP contribution in [0.2, 0.25) is 10.0 Å². The highest BCUT2D eigenvalue weighted by Gasteiger charge is 2.19. The van der Waals surface area contributed by atoms with E-state index in [1.54, 1.807) is 42.8 Å². The molecule has 0 radical (unpaired) electrons. The summed E-state index contributed by atoms with van der Waals surface area (Å²) in [6.07, 6.45) is 0. The van der Waals surface area contributed by atoms with Crippen molar-refractivity contribution in [3.63, 3.8) is 0 Å². The Morgan fingerprint density at radius 2 is 2.03 bits per heavy atom. The number of amides is 1. The summed E-state index contributed by atoms with van der Waals surface area (Å²) < 4.78 is 6.80. The molecule has 7 nitrogen and oxygen atoms in total. The Balaban J connectivity index is 1.68. The van der Waals surface area contributed by atoms with E-state index in [1.165, 1.54) is 23.1 Å². The van der Waals surface area contributed by atoms with Gasteiger partial charge < -0.3 is 14.6 Å². The van der Waals surface area contributed by atoms with E-state index in [-0.39, 0.29) is 18.3 Å². The van der Waals surface area contributed by atoms with Crippen LogP contribution >= 0.6 is 46.3 Å². The largest absolute Gasteiger partial charge is 0.462 e. The quantitative estimate of drug-likeness (QED) is 0.372. The summed E-state index contributed by atoms with van der Waals surface area (Å²) in [5.41, 5.74) is 1.05. The Kier molecular flexibility index (Phi) is 7.41. The zero-order valence-corrected chi connectivity index (χ0v) is 19.5. The fourth-order valence-electron chi connectivity index (χ4n) is 2.61. The third kappa shape index (κ3) is 5.15. The van der Waals surface area contributed by atoms with Crippen LogP contribution in [0.1, 0.15) is 22.2 Å². The number of thiophene rings is 1. The standard InChI is InChI=1S/C19H18Cl2N4O3S2/c1-4-28-18(27)13-7-10(2)30-17(13)22-15(26)9-29-19-24-23-16(25(19)3)12-6-5-11(20)8-14(12)21/h5-8H,4,9H2,1-3H3,(H,22,26). The molecule has 2 heterocycles. The van der Waals surface area contributed by atoms with Crippen molar-refractivity contribution in [1.82, 2.24) is 14.8 Å². The van der Waals surface area contributed by atoms with Crippen LogP contribution in [0.4, 0.5) is 5.00 Å². The summed E-state index contributed by atoms with van der Waals surface area (Å²) >= 11 is 14.8. The van der Waals surface area contributed by atoms with Gasteiger partial charge in [-0.2, -0.15) is 0 Å². The first-order chi connectivity index (χ1) is 14.3. The molecule has 0 unspecified atom stereocenters. The molecule has 1 N–H and O–H groups in total. The smallest absolute Gasteiger partial charge is 0.341 e. The predicted molar refractivity (Wildman–Crippen MR) is 121 cm³/mol. The van der Waals surface area contributed by atoms with Crippen LogP contribution in [0.15, 0.2) is 29.4 Å². The first kappa shape index (κ1) is 22.6. The molecular weight excluding hydrogens is 467 g/mol. The van der Waals surface area contributed by atoms with E-state index in [1.807, 2.05) is 6.92 Å². The number of thioether (sulfide) groups is 1. The number of carbonyl (C=O) groups excluding carboxylic acids is 2. The average Bonchev–Trinajstić information content (AvgIpc) is 3.23. The lowest BCUT2D eigenvalue weighted by atomic mass is 10.2. The molecule has 30 heavy (non-hydrogen) atoms. The van der Waals surface area contributed by atoms with Crippen molar-refractivity contribution in [1.29, 1.82) is 0 Å². The number of hydrogen-bond donors (Lipinski definition) is 1. The van der Waals surface area contributed by atoms with Gasteiger partial charge in [0.2, 0.25) is 5.91 Å². The van der Waals surface area contributed by atoms with Gasteiger partial charge in [-0.05, 0) is 38.1 Å². The minimum Gasteiger partial charge on any atom is -0.462 e. The second-order valence-corrected chi connectivity index (χ2v) is 9.19. The number of aryl methyl sites for hydroxylation is 1. The van der Waals surface area contributed by atoms with Crippen LogP contribution in [0.3, 0.4) is 0 Å². The highest BCUT2D eigenvalue weighted by atomic mass is 35.5. The molecule has 3 rings (SSSR count). The van der Waals surface area contributed by atoms with E-state index in [4.69, 9.17) is 27.9 Å². The molecule has 0 aliphatic heterocycles. The van der Waals surface area contributed by atoms with Crippen molar-refractivity contribution in [3.8, 4) is 11.4 Å². The maximum Gasteiger partial charge on any atom is 0.341 e. The number of hydrogen-bond acceptors (Lipinski definition) is 7. The first-order valence-corrected chi connectivity index (χ1v) is 11.4. The number of esters is 1. The molecule has 0 aliphatic rings. The van der Waals surface area contributed by atoms with Gasteiger partial charge in [0.25, 0.3) is 0 Å². The van der Waals surface area contributed by atoms with E-state index in [0.29, 0.717) is 37.2 Å². The summed E-state index contributed by atoms with van der Waals surface area (Å²) in [5.74, 6) is -0.0541. The topological polar surface area (TPSA) is 86.1 Å². The average molecular weight is 485 g/mol. The van der Waals surface area contributed by atoms with Crippen molar-refractivity contribution in [2.75, 3.05) is 17.7 Å². The van der Waals surface area contributed by atoms with Gasteiger partial charge in [0.15, 0.2) is 11.0 Å². The number of aromatic nitrogens is 3. The van der Waals surface area contributed by atoms with Crippen molar-refractivity contribution in [2.24, 2.45) is 7.05 Å². The Labute approximate surface area is 191 Å². The van der Waals surface area contributed by atoms with Crippen LogP contribution in [0.25, 0.3) is 11.4 Å². The summed E-state index contributed by atoms with van der Waals surface area (Å²) in [6.45, 7) is 3.86. The van der Waals surface area contributed by atoms with Crippen LogP contribution in [-0.4, -0.2) is 39.0 Å². The van der Waals surface area contributed by atoms with Crippen LogP contribution in [0, 0.1) is 6.92 Å². The summed E-state index contributed by atoms with van der Waals surface area (Å²) in [4.78, 5) is 25.4. The summed E-state index contributed by atoms with van der Waals surface area (Å²) in [5, 5.41) is 13.1. The second-order valence-electron chi connectivity index (χ2n) is 6.15. The lowest BCUT2D eigenvalue weighted by molar-refractivity contribution is -0.113. The minimum absolute atomic E-state index is 0.0968. The first-order valence-electron chi connectivity index (χ1n) is 8.85. The maximum absolute atomic E-state index is 12.4. The van der Waals surface area contributed by atoms with E-state index >= 15 is 0 Å². The maximum atomic E-state index is 12.4. The molecule has 0 saturated heterocycles. The Morgan fingerprint density at radius 1 is 1.27 bits per heavy atom. The van der Waals surface area contributed by atoms with Crippen molar-refractivity contribution < 1.29 is 14.3 Å². The lowest BCUT2D eigenvalue weighted by Crippen LogP contribution is -2.16. The predicted octanol–water partition coefficient (Wildman–Crippen LogP) is 5.07.